The first-order chi connectivity index (χ1) is 14.7. The second-order valence-corrected chi connectivity index (χ2v) is 9.10. The summed E-state index contributed by atoms with van der Waals surface area (Å²) < 4.78 is 39.1. The molecule has 0 aliphatic rings. The Bertz CT molecular complexity index is 1380. The maximum Gasteiger partial charge on any atom is 0.233 e. The normalized spacial score (nSPS) is 11.6. The minimum atomic E-state index is -3.46. The number of benzene rings is 1. The maximum absolute atomic E-state index is 14.2. The zero-order valence-electron chi connectivity index (χ0n) is 16.5. The minimum Gasteiger partial charge on any atom is -0.366 e. The number of hydrogen-bond donors (Lipinski definition) is 2. The Balaban J connectivity index is 1.59. The van der Waals surface area contributed by atoms with E-state index in [-0.39, 0.29) is 22.9 Å². The fraction of sp³-hybridized carbons (Fsp3) is 0.158. The summed E-state index contributed by atoms with van der Waals surface area (Å²) in [6.07, 6.45) is 4.17. The summed E-state index contributed by atoms with van der Waals surface area (Å²) in [7, 11) is -2.02. The quantitative estimate of drug-likeness (QED) is 0.452. The summed E-state index contributed by atoms with van der Waals surface area (Å²) in [4.78, 5) is 20.0. The Morgan fingerprint density at radius 2 is 1.97 bits per heavy atom. The Morgan fingerprint density at radius 3 is 2.74 bits per heavy atom. The summed E-state index contributed by atoms with van der Waals surface area (Å²) in [6.45, 7) is 0.268. The zero-order chi connectivity index (χ0) is 22.2. The fourth-order valence-electron chi connectivity index (χ4n) is 2.89. The van der Waals surface area contributed by atoms with Crippen molar-refractivity contribution < 1.29 is 12.8 Å². The van der Waals surface area contributed by atoms with Gasteiger partial charge in [0.1, 0.15) is 17.2 Å². The van der Waals surface area contributed by atoms with E-state index in [1.165, 1.54) is 25.5 Å². The Kier molecular flexibility index (Phi) is 5.46. The molecule has 4 aromatic rings. The van der Waals surface area contributed by atoms with Gasteiger partial charge in [-0.3, -0.25) is 4.31 Å². The Hall–Kier alpha value is -3.31. The van der Waals surface area contributed by atoms with E-state index in [0.717, 1.165) is 10.6 Å². The molecule has 12 heteroatoms. The molecule has 0 amide bonds. The lowest BCUT2D eigenvalue weighted by molar-refractivity contribution is 0.599. The predicted molar refractivity (Wildman–Crippen MR) is 117 cm³/mol. The van der Waals surface area contributed by atoms with Gasteiger partial charge >= 0.3 is 0 Å². The van der Waals surface area contributed by atoms with Gasteiger partial charge in [0.05, 0.1) is 16.8 Å². The molecule has 31 heavy (non-hydrogen) atoms. The zero-order valence-corrected chi connectivity index (χ0v) is 18.0. The van der Waals surface area contributed by atoms with Crippen LogP contribution in [0, 0.1) is 5.82 Å². The number of rotatable bonds is 6. The average Bonchev–Trinajstić information content (AvgIpc) is 3.19. The van der Waals surface area contributed by atoms with Crippen LogP contribution in [0.15, 0.2) is 42.7 Å². The van der Waals surface area contributed by atoms with Crippen LogP contribution in [-0.2, 0) is 16.6 Å². The minimum absolute atomic E-state index is 0.0202. The summed E-state index contributed by atoms with van der Waals surface area (Å²) in [5, 5.41) is 3.10. The molecule has 0 aliphatic carbocycles. The van der Waals surface area contributed by atoms with E-state index < -0.39 is 15.8 Å². The van der Waals surface area contributed by atoms with Crippen molar-refractivity contribution in [3.05, 3.63) is 59.1 Å². The summed E-state index contributed by atoms with van der Waals surface area (Å²) in [5.74, 6) is 0.724. The largest absolute Gasteiger partial charge is 0.366 e. The number of halogens is 2. The van der Waals surface area contributed by atoms with Crippen molar-refractivity contribution >= 4 is 44.3 Å². The number of hydrogen-bond acceptors (Lipinski definition) is 7. The Labute approximate surface area is 182 Å². The van der Waals surface area contributed by atoms with Crippen molar-refractivity contribution in [3.63, 3.8) is 0 Å². The maximum atomic E-state index is 14.2. The highest BCUT2D eigenvalue weighted by molar-refractivity contribution is 7.92. The smallest absolute Gasteiger partial charge is 0.233 e. The number of fused-ring (bicyclic) bond motifs is 1. The molecule has 0 aliphatic heterocycles. The van der Waals surface area contributed by atoms with Gasteiger partial charge in [0.2, 0.25) is 10.0 Å². The number of nitrogens with zero attached hydrogens (tertiary/aromatic N) is 5. The van der Waals surface area contributed by atoms with Gasteiger partial charge in [-0.25, -0.2) is 32.7 Å². The molecule has 0 saturated heterocycles. The van der Waals surface area contributed by atoms with E-state index in [0.29, 0.717) is 28.5 Å². The molecule has 0 bridgehead atoms. The average molecular weight is 462 g/mol. The predicted octanol–water partition coefficient (Wildman–Crippen LogP) is 3.22. The molecule has 3 aromatic heterocycles. The van der Waals surface area contributed by atoms with E-state index in [1.807, 2.05) is 0 Å². The molecule has 9 nitrogen and oxygen atoms in total. The SMILES string of the molecule is CN(c1ncccc1CNc1ccnc(-c2nc3c(F)c(Cl)ccc3[nH]2)n1)S(C)(=O)=O. The third-order valence-corrected chi connectivity index (χ3v) is 6.00. The molecular weight excluding hydrogens is 445 g/mol. The molecule has 0 atom stereocenters. The standard InChI is InChI=1S/C19H17ClFN7O2S/c1-28(31(2,29)30)19-11(4-3-8-23-19)10-24-14-7-9-22-17(26-14)18-25-13-6-5-12(20)15(21)16(13)27-18/h3-9H,10H2,1-2H3,(H,25,27)(H,22,24,26). The summed E-state index contributed by atoms with van der Waals surface area (Å²) >= 11 is 5.81. The number of H-pyrrole nitrogens is 1. The van der Waals surface area contributed by atoms with Crippen LogP contribution in [0.1, 0.15) is 5.56 Å². The molecule has 2 N–H and O–H groups in total. The second-order valence-electron chi connectivity index (χ2n) is 6.68. The van der Waals surface area contributed by atoms with Crippen molar-refractivity contribution in [2.45, 2.75) is 6.54 Å². The Morgan fingerprint density at radius 1 is 1.16 bits per heavy atom. The van der Waals surface area contributed by atoms with Crippen molar-refractivity contribution in [2.75, 3.05) is 22.9 Å². The third-order valence-electron chi connectivity index (χ3n) is 4.54. The number of pyridine rings is 1. The number of aromatic amines is 1. The molecule has 0 unspecified atom stereocenters. The van der Waals surface area contributed by atoms with E-state index in [2.05, 4.69) is 30.2 Å². The lowest BCUT2D eigenvalue weighted by Gasteiger charge is -2.19. The van der Waals surface area contributed by atoms with Crippen LogP contribution in [0.5, 0.6) is 0 Å². The van der Waals surface area contributed by atoms with Gasteiger partial charge in [-0.15, -0.1) is 0 Å². The first kappa shape index (κ1) is 20.9. The van der Waals surface area contributed by atoms with Gasteiger partial charge in [-0.05, 0) is 24.3 Å². The van der Waals surface area contributed by atoms with Gasteiger partial charge in [0, 0.05) is 31.5 Å². The highest BCUT2D eigenvalue weighted by Crippen LogP contribution is 2.25. The van der Waals surface area contributed by atoms with Gasteiger partial charge in [0.15, 0.2) is 17.5 Å². The van der Waals surface area contributed by atoms with Crippen LogP contribution in [0.2, 0.25) is 5.02 Å². The van der Waals surface area contributed by atoms with Crippen LogP contribution in [0.4, 0.5) is 16.0 Å². The molecular formula is C19H17ClFN7O2S. The molecule has 3 heterocycles. The lowest BCUT2D eigenvalue weighted by Crippen LogP contribution is -2.27. The second kappa shape index (κ2) is 8.08. The van der Waals surface area contributed by atoms with E-state index >= 15 is 0 Å². The van der Waals surface area contributed by atoms with E-state index in [9.17, 15) is 12.8 Å². The molecule has 0 radical (unpaired) electrons. The van der Waals surface area contributed by atoms with Crippen molar-refractivity contribution in [3.8, 4) is 11.6 Å². The van der Waals surface area contributed by atoms with E-state index in [1.54, 1.807) is 24.3 Å². The molecule has 0 spiro atoms. The topological polar surface area (TPSA) is 117 Å². The molecule has 0 fully saturated rings. The van der Waals surface area contributed by atoms with Crippen LogP contribution in [-0.4, -0.2) is 46.6 Å². The van der Waals surface area contributed by atoms with Gasteiger partial charge in [-0.2, -0.15) is 0 Å². The van der Waals surface area contributed by atoms with Crippen LogP contribution < -0.4 is 9.62 Å². The van der Waals surface area contributed by atoms with Gasteiger partial charge in [0.25, 0.3) is 0 Å². The number of aromatic nitrogens is 5. The van der Waals surface area contributed by atoms with Crippen molar-refractivity contribution in [1.82, 2.24) is 24.9 Å². The number of sulfonamides is 1. The van der Waals surface area contributed by atoms with Gasteiger partial charge < -0.3 is 10.3 Å². The van der Waals surface area contributed by atoms with E-state index in [4.69, 9.17) is 11.6 Å². The molecule has 160 valence electrons. The molecule has 1 aromatic carbocycles. The van der Waals surface area contributed by atoms with Crippen molar-refractivity contribution in [1.29, 1.82) is 0 Å². The highest BCUT2D eigenvalue weighted by atomic mass is 35.5. The van der Waals surface area contributed by atoms with Crippen LogP contribution >= 0.6 is 11.6 Å². The van der Waals surface area contributed by atoms with Gasteiger partial charge in [-0.1, -0.05) is 17.7 Å². The third kappa shape index (κ3) is 4.28. The molecule has 0 saturated carbocycles. The highest BCUT2D eigenvalue weighted by Gasteiger charge is 2.17. The number of imidazole rings is 1. The monoisotopic (exact) mass is 461 g/mol. The first-order valence-corrected chi connectivity index (χ1v) is 11.3. The molecule has 4 rings (SSSR count). The number of anilines is 2. The summed E-state index contributed by atoms with van der Waals surface area (Å²) in [5.41, 5.74) is 1.24. The fourth-order valence-corrected chi connectivity index (χ4v) is 3.52. The lowest BCUT2D eigenvalue weighted by atomic mass is 10.2. The van der Waals surface area contributed by atoms with Crippen LogP contribution in [0.25, 0.3) is 22.7 Å². The summed E-state index contributed by atoms with van der Waals surface area (Å²) in [6, 6.07) is 8.21. The number of nitrogens with one attached hydrogen (secondary N) is 2. The van der Waals surface area contributed by atoms with Crippen LogP contribution in [0.3, 0.4) is 0 Å². The first-order valence-electron chi connectivity index (χ1n) is 9.03. The van der Waals surface area contributed by atoms with Crippen molar-refractivity contribution in [2.24, 2.45) is 0 Å².